The molecule has 2 aliphatic rings. The lowest BCUT2D eigenvalue weighted by Crippen LogP contribution is -2.42. The molecule has 0 bridgehead atoms. The smallest absolute Gasteiger partial charge is 0.421 e. The fourth-order valence-electron chi connectivity index (χ4n) is 3.25. The number of fused-ring (bicyclic) bond motifs is 1. The Balaban J connectivity index is 1.54. The Hall–Kier alpha value is -2.03. The SMILES string of the molecule is CNC(=O)OCCOCCNS(=O)(=O)NC(=O)OCC1[C@H]2CCC#CCC[C@@H]12. The van der Waals surface area contributed by atoms with Crippen LogP contribution >= 0.6 is 0 Å². The van der Waals surface area contributed by atoms with Crippen LogP contribution < -0.4 is 14.8 Å². The lowest BCUT2D eigenvalue weighted by molar-refractivity contribution is 0.0762. The minimum atomic E-state index is -4.03. The van der Waals surface area contributed by atoms with Gasteiger partial charge in [-0.3, -0.25) is 0 Å². The first-order chi connectivity index (χ1) is 13.4. The quantitative estimate of drug-likeness (QED) is 0.345. The zero-order valence-electron chi connectivity index (χ0n) is 15.9. The van der Waals surface area contributed by atoms with Crippen LogP contribution in [0.5, 0.6) is 0 Å². The van der Waals surface area contributed by atoms with Crippen LogP contribution in [0.15, 0.2) is 0 Å². The van der Waals surface area contributed by atoms with Crippen molar-refractivity contribution in [3.63, 3.8) is 0 Å². The van der Waals surface area contributed by atoms with Crippen LogP contribution in [0.3, 0.4) is 0 Å². The van der Waals surface area contributed by atoms with Crippen molar-refractivity contribution in [1.29, 1.82) is 0 Å². The highest BCUT2D eigenvalue weighted by Gasteiger charge is 2.49. The summed E-state index contributed by atoms with van der Waals surface area (Å²) in [7, 11) is -2.59. The third-order valence-corrected chi connectivity index (χ3v) is 5.69. The number of rotatable bonds is 10. The first kappa shape index (κ1) is 22.3. The Bertz CT molecular complexity index is 683. The minimum Gasteiger partial charge on any atom is -0.449 e. The summed E-state index contributed by atoms with van der Waals surface area (Å²) in [6.45, 7) is 0.396. The molecule has 0 aromatic rings. The molecule has 2 amide bonds. The van der Waals surface area contributed by atoms with Crippen LogP contribution in [0.2, 0.25) is 0 Å². The van der Waals surface area contributed by atoms with Gasteiger partial charge in [-0.15, -0.1) is 11.8 Å². The molecule has 0 aliphatic heterocycles. The van der Waals surface area contributed by atoms with Gasteiger partial charge in [0.15, 0.2) is 0 Å². The molecule has 0 aromatic heterocycles. The van der Waals surface area contributed by atoms with Crippen molar-refractivity contribution in [3.05, 3.63) is 0 Å². The first-order valence-corrected chi connectivity index (χ1v) is 10.7. The lowest BCUT2D eigenvalue weighted by Gasteiger charge is -2.09. The summed E-state index contributed by atoms with van der Waals surface area (Å²) >= 11 is 0. The van der Waals surface area contributed by atoms with Crippen LogP contribution in [0.4, 0.5) is 9.59 Å². The number of carbonyl (C=O) groups excluding carboxylic acids is 2. The predicted molar refractivity (Wildman–Crippen MR) is 99.3 cm³/mol. The number of hydrogen-bond donors (Lipinski definition) is 3. The van der Waals surface area contributed by atoms with E-state index in [1.165, 1.54) is 7.05 Å². The van der Waals surface area contributed by atoms with E-state index >= 15 is 0 Å². The standard InChI is InChI=1S/C17H27N3O7S/c1-18-16(21)26-11-10-25-9-8-19-28(23,24)20-17(22)27-12-15-13-6-4-2-3-5-7-14(13)15/h13-15,19H,4-12H2,1H3,(H,18,21)(H,20,22)/t13-,14+,15?. The molecule has 1 saturated carbocycles. The van der Waals surface area contributed by atoms with Gasteiger partial charge in [0.05, 0.1) is 19.8 Å². The number of alkyl carbamates (subject to hydrolysis) is 1. The van der Waals surface area contributed by atoms with E-state index in [-0.39, 0.29) is 38.9 Å². The van der Waals surface area contributed by atoms with Crippen molar-refractivity contribution in [2.45, 2.75) is 25.7 Å². The van der Waals surface area contributed by atoms with Crippen molar-refractivity contribution in [2.75, 3.05) is 40.0 Å². The maximum atomic E-state index is 11.8. The van der Waals surface area contributed by atoms with E-state index in [9.17, 15) is 18.0 Å². The molecule has 0 heterocycles. The molecular weight excluding hydrogens is 390 g/mol. The molecule has 11 heteroatoms. The molecule has 0 aromatic carbocycles. The maximum absolute atomic E-state index is 11.8. The van der Waals surface area contributed by atoms with Gasteiger partial charge in [0.1, 0.15) is 6.61 Å². The topological polar surface area (TPSA) is 132 Å². The average molecular weight is 417 g/mol. The summed E-state index contributed by atoms with van der Waals surface area (Å²) < 4.78 is 42.4. The first-order valence-electron chi connectivity index (χ1n) is 9.25. The van der Waals surface area contributed by atoms with Gasteiger partial charge >= 0.3 is 22.4 Å². The maximum Gasteiger partial charge on any atom is 0.421 e. The van der Waals surface area contributed by atoms with Crippen molar-refractivity contribution in [1.82, 2.24) is 14.8 Å². The predicted octanol–water partition coefficient (Wildman–Crippen LogP) is 0.359. The van der Waals surface area contributed by atoms with E-state index in [2.05, 4.69) is 21.9 Å². The van der Waals surface area contributed by atoms with Gasteiger partial charge in [-0.05, 0) is 30.6 Å². The van der Waals surface area contributed by atoms with Crippen LogP contribution in [-0.2, 0) is 24.4 Å². The lowest BCUT2D eigenvalue weighted by atomic mass is 10.1. The van der Waals surface area contributed by atoms with E-state index in [1.54, 1.807) is 0 Å². The number of ether oxygens (including phenoxy) is 3. The molecule has 28 heavy (non-hydrogen) atoms. The Labute approximate surface area is 165 Å². The van der Waals surface area contributed by atoms with Gasteiger partial charge in [-0.2, -0.15) is 13.1 Å². The Kier molecular flexibility index (Phi) is 8.82. The summed E-state index contributed by atoms with van der Waals surface area (Å²) in [5.41, 5.74) is 0. The van der Waals surface area contributed by atoms with Gasteiger partial charge < -0.3 is 19.5 Å². The third-order valence-electron chi connectivity index (χ3n) is 4.67. The van der Waals surface area contributed by atoms with Crippen LogP contribution in [0, 0.1) is 29.6 Å². The summed E-state index contributed by atoms with van der Waals surface area (Å²) in [6.07, 6.45) is 2.16. The van der Waals surface area contributed by atoms with Gasteiger partial charge in [0, 0.05) is 26.4 Å². The number of carbonyl (C=O) groups is 2. The largest absolute Gasteiger partial charge is 0.449 e. The minimum absolute atomic E-state index is 0.0463. The van der Waals surface area contributed by atoms with E-state index in [0.717, 1.165) is 25.7 Å². The molecule has 10 nitrogen and oxygen atoms in total. The molecule has 0 saturated heterocycles. The van der Waals surface area contributed by atoms with E-state index < -0.39 is 22.4 Å². The second-order valence-electron chi connectivity index (χ2n) is 6.52. The van der Waals surface area contributed by atoms with Crippen molar-refractivity contribution in [3.8, 4) is 11.8 Å². The second kappa shape index (κ2) is 11.1. The number of hydrogen-bond acceptors (Lipinski definition) is 7. The van der Waals surface area contributed by atoms with Crippen molar-refractivity contribution < 1.29 is 32.2 Å². The monoisotopic (exact) mass is 417 g/mol. The van der Waals surface area contributed by atoms with Gasteiger partial charge in [-0.1, -0.05) is 0 Å². The van der Waals surface area contributed by atoms with Gasteiger partial charge in [0.25, 0.3) is 0 Å². The molecule has 2 rings (SSSR count). The highest BCUT2D eigenvalue weighted by molar-refractivity contribution is 7.88. The average Bonchev–Trinajstić information content (AvgIpc) is 3.27. The van der Waals surface area contributed by atoms with Crippen molar-refractivity contribution in [2.24, 2.45) is 17.8 Å². The summed E-state index contributed by atoms with van der Waals surface area (Å²) in [6, 6.07) is 0. The van der Waals surface area contributed by atoms with Crippen LogP contribution in [-0.4, -0.2) is 60.6 Å². The highest BCUT2D eigenvalue weighted by atomic mass is 32.2. The summed E-state index contributed by atoms with van der Waals surface area (Å²) in [5.74, 6) is 7.54. The third kappa shape index (κ3) is 7.92. The molecular formula is C17H27N3O7S. The number of nitrogens with one attached hydrogen (secondary N) is 3. The number of amides is 2. The Morgan fingerprint density at radius 3 is 2.32 bits per heavy atom. The molecule has 3 N–H and O–H groups in total. The molecule has 0 spiro atoms. The molecule has 1 fully saturated rings. The van der Waals surface area contributed by atoms with E-state index in [1.807, 2.05) is 4.72 Å². The Morgan fingerprint density at radius 2 is 1.68 bits per heavy atom. The van der Waals surface area contributed by atoms with Crippen LogP contribution in [0.25, 0.3) is 0 Å². The molecule has 2 aliphatic carbocycles. The van der Waals surface area contributed by atoms with E-state index in [4.69, 9.17) is 14.2 Å². The molecule has 0 radical (unpaired) electrons. The van der Waals surface area contributed by atoms with Crippen molar-refractivity contribution >= 4 is 22.4 Å². The highest BCUT2D eigenvalue weighted by Crippen LogP contribution is 2.52. The second-order valence-corrected chi connectivity index (χ2v) is 8.02. The van der Waals surface area contributed by atoms with Gasteiger partial charge in [-0.25, -0.2) is 14.3 Å². The van der Waals surface area contributed by atoms with E-state index in [0.29, 0.717) is 11.8 Å². The zero-order chi connectivity index (χ0) is 20.4. The fraction of sp³-hybridized carbons (Fsp3) is 0.765. The fourth-order valence-corrected chi connectivity index (χ4v) is 3.95. The Morgan fingerprint density at radius 1 is 1.00 bits per heavy atom. The zero-order valence-corrected chi connectivity index (χ0v) is 16.7. The summed E-state index contributed by atoms with van der Waals surface area (Å²) in [5, 5.41) is 2.28. The molecule has 3 atom stereocenters. The van der Waals surface area contributed by atoms with Gasteiger partial charge in [0.2, 0.25) is 0 Å². The summed E-state index contributed by atoms with van der Waals surface area (Å²) in [4.78, 5) is 22.5. The molecule has 1 unspecified atom stereocenters. The molecule has 158 valence electrons. The van der Waals surface area contributed by atoms with Crippen LogP contribution in [0.1, 0.15) is 25.7 Å². The normalized spacial score (nSPS) is 23.1.